The summed E-state index contributed by atoms with van der Waals surface area (Å²) in [7, 11) is 0. The summed E-state index contributed by atoms with van der Waals surface area (Å²) in [6.07, 6.45) is 0. The van der Waals surface area contributed by atoms with Gasteiger partial charge in [-0.25, -0.2) is 8.78 Å². The fourth-order valence-electron chi connectivity index (χ4n) is 1.52. The molecule has 0 unspecified atom stereocenters. The van der Waals surface area contributed by atoms with Gasteiger partial charge in [-0.05, 0) is 11.1 Å². The lowest BCUT2D eigenvalue weighted by molar-refractivity contribution is 0.486. The molecule has 0 spiro atoms. The molecule has 0 saturated carbocycles. The summed E-state index contributed by atoms with van der Waals surface area (Å²) in [6, 6.07) is 14.1. The molecular formula is C13H9F2. The Morgan fingerprint density at radius 2 is 1.73 bits per heavy atom. The Morgan fingerprint density at radius 1 is 1.00 bits per heavy atom. The lowest BCUT2D eigenvalue weighted by Gasteiger charge is -2.06. The Morgan fingerprint density at radius 3 is 2.47 bits per heavy atom. The first-order valence-corrected chi connectivity index (χ1v) is 4.63. The van der Waals surface area contributed by atoms with Crippen LogP contribution in [0, 0.1) is 11.9 Å². The lowest BCUT2D eigenvalue weighted by Crippen LogP contribution is -1.89. The fraction of sp³-hybridized carbons (Fsp3) is 0.0769. The molecule has 2 heteroatoms. The van der Waals surface area contributed by atoms with E-state index in [4.69, 9.17) is 0 Å². The number of hydrogen-bond donors (Lipinski definition) is 0. The van der Waals surface area contributed by atoms with E-state index in [-0.39, 0.29) is 0 Å². The molecule has 1 radical (unpaired) electrons. The third-order valence-electron chi connectivity index (χ3n) is 2.26. The second-order valence-electron chi connectivity index (χ2n) is 3.19. The van der Waals surface area contributed by atoms with Crippen molar-refractivity contribution in [1.82, 2.24) is 0 Å². The van der Waals surface area contributed by atoms with Crippen molar-refractivity contribution in [2.45, 2.75) is 6.67 Å². The standard InChI is InChI=1S/C13H9F2/c14-9-10-5-1-2-6-11(10)12-7-3-4-8-13(12)15/h1-7H,9H2. The summed E-state index contributed by atoms with van der Waals surface area (Å²) in [5.74, 6) is -0.446. The first kappa shape index (κ1) is 9.84. The normalized spacial score (nSPS) is 10.3. The molecule has 15 heavy (non-hydrogen) atoms. The van der Waals surface area contributed by atoms with Gasteiger partial charge in [-0.2, -0.15) is 0 Å². The third kappa shape index (κ3) is 1.89. The molecule has 0 amide bonds. The molecule has 0 aromatic heterocycles. The van der Waals surface area contributed by atoms with Gasteiger partial charge >= 0.3 is 0 Å². The summed E-state index contributed by atoms with van der Waals surface area (Å²) >= 11 is 0. The maximum Gasteiger partial charge on any atom is 0.138 e. The van der Waals surface area contributed by atoms with E-state index in [9.17, 15) is 8.78 Å². The molecule has 0 bridgehead atoms. The molecule has 2 aromatic rings. The number of halogens is 2. The van der Waals surface area contributed by atoms with Crippen LogP contribution >= 0.6 is 0 Å². The highest BCUT2D eigenvalue weighted by Gasteiger charge is 2.07. The molecule has 0 aliphatic carbocycles. The van der Waals surface area contributed by atoms with Crippen molar-refractivity contribution >= 4 is 0 Å². The van der Waals surface area contributed by atoms with Crippen molar-refractivity contribution < 1.29 is 8.78 Å². The number of alkyl halides is 1. The Hall–Kier alpha value is -1.70. The number of hydrogen-bond acceptors (Lipinski definition) is 0. The molecule has 2 aromatic carbocycles. The van der Waals surface area contributed by atoms with Crippen LogP contribution in [0.2, 0.25) is 0 Å². The van der Waals surface area contributed by atoms with Crippen molar-refractivity contribution in [3.8, 4) is 11.1 Å². The van der Waals surface area contributed by atoms with Gasteiger partial charge in [0.15, 0.2) is 0 Å². The zero-order chi connectivity index (χ0) is 10.7. The van der Waals surface area contributed by atoms with E-state index >= 15 is 0 Å². The topological polar surface area (TPSA) is 0 Å². The van der Waals surface area contributed by atoms with E-state index in [0.717, 1.165) is 0 Å². The number of rotatable bonds is 2. The molecule has 0 heterocycles. The Balaban J connectivity index is 2.59. The average molecular weight is 203 g/mol. The minimum Gasteiger partial charge on any atom is -0.246 e. The van der Waals surface area contributed by atoms with E-state index in [1.807, 2.05) is 0 Å². The van der Waals surface area contributed by atoms with E-state index < -0.39 is 12.5 Å². The predicted octanol–water partition coefficient (Wildman–Crippen LogP) is 3.76. The molecule has 75 valence electrons. The summed E-state index contributed by atoms with van der Waals surface area (Å²) in [6.45, 7) is -0.593. The Bertz CT molecular complexity index is 464. The third-order valence-corrected chi connectivity index (χ3v) is 2.26. The van der Waals surface area contributed by atoms with Crippen molar-refractivity contribution in [3.05, 3.63) is 59.9 Å². The fourth-order valence-corrected chi connectivity index (χ4v) is 1.52. The van der Waals surface area contributed by atoms with Crippen LogP contribution in [-0.4, -0.2) is 0 Å². The van der Waals surface area contributed by atoms with Crippen molar-refractivity contribution in [3.63, 3.8) is 0 Å². The van der Waals surface area contributed by atoms with Gasteiger partial charge in [-0.3, -0.25) is 0 Å². The van der Waals surface area contributed by atoms with Gasteiger partial charge in [0.2, 0.25) is 0 Å². The van der Waals surface area contributed by atoms with Gasteiger partial charge in [0.25, 0.3) is 0 Å². The highest BCUT2D eigenvalue weighted by Crippen LogP contribution is 2.26. The summed E-state index contributed by atoms with van der Waals surface area (Å²) in [5, 5.41) is 0. The number of benzene rings is 2. The molecule has 0 fully saturated rings. The minimum atomic E-state index is -0.593. The SMILES string of the molecule is FCc1ccccc1-c1ccc[c]c1F. The quantitative estimate of drug-likeness (QED) is 0.697. The second-order valence-corrected chi connectivity index (χ2v) is 3.19. The average Bonchev–Trinajstić information content (AvgIpc) is 2.30. The largest absolute Gasteiger partial charge is 0.246 e. The van der Waals surface area contributed by atoms with Crippen molar-refractivity contribution in [2.75, 3.05) is 0 Å². The Labute approximate surface area is 87.2 Å². The molecular weight excluding hydrogens is 194 g/mol. The van der Waals surface area contributed by atoms with Crippen LogP contribution in [0.4, 0.5) is 8.78 Å². The van der Waals surface area contributed by atoms with Crippen LogP contribution in [0.5, 0.6) is 0 Å². The van der Waals surface area contributed by atoms with Gasteiger partial charge < -0.3 is 0 Å². The van der Waals surface area contributed by atoms with Gasteiger partial charge in [0.05, 0.1) is 0 Å². The maximum absolute atomic E-state index is 13.4. The lowest BCUT2D eigenvalue weighted by atomic mass is 10.00. The van der Waals surface area contributed by atoms with Crippen LogP contribution in [-0.2, 0) is 6.67 Å². The van der Waals surface area contributed by atoms with E-state index in [0.29, 0.717) is 16.7 Å². The molecule has 0 aliphatic rings. The predicted molar refractivity (Wildman–Crippen MR) is 55.5 cm³/mol. The van der Waals surface area contributed by atoms with Gasteiger partial charge in [-0.15, -0.1) is 0 Å². The Kier molecular flexibility index (Phi) is 2.77. The molecule has 2 rings (SSSR count). The van der Waals surface area contributed by atoms with Crippen LogP contribution in [0.3, 0.4) is 0 Å². The highest BCUT2D eigenvalue weighted by molar-refractivity contribution is 5.67. The van der Waals surface area contributed by atoms with Crippen LogP contribution in [0.15, 0.2) is 42.5 Å². The van der Waals surface area contributed by atoms with E-state index in [1.165, 1.54) is 6.07 Å². The van der Waals surface area contributed by atoms with Crippen molar-refractivity contribution in [1.29, 1.82) is 0 Å². The van der Waals surface area contributed by atoms with E-state index in [2.05, 4.69) is 6.07 Å². The minimum absolute atomic E-state index is 0.394. The van der Waals surface area contributed by atoms with Crippen LogP contribution < -0.4 is 0 Å². The van der Waals surface area contributed by atoms with Gasteiger partial charge in [-0.1, -0.05) is 42.5 Å². The highest BCUT2D eigenvalue weighted by atomic mass is 19.1. The molecule has 0 nitrogen and oxygen atoms in total. The maximum atomic E-state index is 13.4. The molecule has 0 atom stereocenters. The molecule has 0 saturated heterocycles. The first-order chi connectivity index (χ1) is 7.33. The smallest absolute Gasteiger partial charge is 0.138 e. The zero-order valence-corrected chi connectivity index (χ0v) is 8.00. The second kappa shape index (κ2) is 4.22. The van der Waals surface area contributed by atoms with Gasteiger partial charge in [0, 0.05) is 11.6 Å². The first-order valence-electron chi connectivity index (χ1n) is 4.63. The monoisotopic (exact) mass is 203 g/mol. The van der Waals surface area contributed by atoms with Crippen LogP contribution in [0.1, 0.15) is 5.56 Å². The summed E-state index contributed by atoms with van der Waals surface area (Å²) in [5.41, 5.74) is 1.48. The zero-order valence-electron chi connectivity index (χ0n) is 8.00. The van der Waals surface area contributed by atoms with Gasteiger partial charge in [0.1, 0.15) is 12.5 Å². The summed E-state index contributed by atoms with van der Waals surface area (Å²) in [4.78, 5) is 0. The van der Waals surface area contributed by atoms with Crippen LogP contribution in [0.25, 0.3) is 11.1 Å². The molecule has 0 aliphatic heterocycles. The molecule has 0 N–H and O–H groups in total. The summed E-state index contributed by atoms with van der Waals surface area (Å²) < 4.78 is 26.1. The van der Waals surface area contributed by atoms with E-state index in [1.54, 1.807) is 36.4 Å². The van der Waals surface area contributed by atoms with Crippen molar-refractivity contribution in [2.24, 2.45) is 0 Å².